The van der Waals surface area contributed by atoms with Crippen LogP contribution in [0.25, 0.3) is 21.5 Å². The number of amides is 2. The molecule has 7 aromatic carbocycles. The molecule has 7 rings (SSSR count). The average molecular weight is 705 g/mol. The van der Waals surface area contributed by atoms with Crippen LogP contribution in [0, 0.1) is 11.3 Å². The van der Waals surface area contributed by atoms with Crippen LogP contribution in [0.2, 0.25) is 10.0 Å². The van der Waals surface area contributed by atoms with E-state index < -0.39 is 29.3 Å². The second-order valence-corrected chi connectivity index (χ2v) is 13.1. The van der Waals surface area contributed by atoms with Gasteiger partial charge < -0.3 is 10.6 Å². The number of nitrogens with one attached hydrogen (secondary N) is 2. The Morgan fingerprint density at radius 3 is 1.43 bits per heavy atom. The normalized spacial score (nSPS) is 13.4. The molecule has 2 amide bonds. The predicted octanol–water partition coefficient (Wildman–Crippen LogP) is 10.4. The van der Waals surface area contributed by atoms with Crippen LogP contribution >= 0.6 is 23.2 Å². The number of nitrogens with zero attached hydrogens (tertiary/aromatic N) is 1. The van der Waals surface area contributed by atoms with Gasteiger partial charge in [0, 0.05) is 21.2 Å². The molecule has 0 fully saturated rings. The Bertz CT molecular complexity index is 2280. The Morgan fingerprint density at radius 2 is 0.980 bits per heavy atom. The van der Waals surface area contributed by atoms with Crippen molar-refractivity contribution in [1.82, 2.24) is 10.6 Å². The molecule has 7 heteroatoms. The molecule has 0 aliphatic carbocycles. The summed E-state index contributed by atoms with van der Waals surface area (Å²) >= 11 is 13.6. The Hall–Kier alpha value is -5.93. The number of hydrogen-bond acceptors (Lipinski definition) is 3. The van der Waals surface area contributed by atoms with Gasteiger partial charge in [0.15, 0.2) is 0 Å². The van der Waals surface area contributed by atoms with E-state index in [4.69, 9.17) is 23.2 Å². The maximum absolute atomic E-state index is 14.4. The summed E-state index contributed by atoms with van der Waals surface area (Å²) in [7, 11) is 0. The van der Waals surface area contributed by atoms with Crippen LogP contribution in [-0.4, -0.2) is 11.8 Å². The molecule has 0 aliphatic heterocycles. The lowest BCUT2D eigenvalue weighted by molar-refractivity contribution is 0.0887. The largest absolute Gasteiger partial charge is 0.343 e. The van der Waals surface area contributed by atoms with Crippen LogP contribution in [0.4, 0.5) is 0 Å². The molecule has 0 aromatic heterocycles. The van der Waals surface area contributed by atoms with Crippen molar-refractivity contribution < 1.29 is 9.59 Å². The zero-order valence-electron chi connectivity index (χ0n) is 27.3. The average Bonchev–Trinajstić information content (AvgIpc) is 3.18. The molecular formula is C44H31Cl2N3O2. The highest BCUT2D eigenvalue weighted by molar-refractivity contribution is 6.35. The number of carbonyl (C=O) groups excluding carboxylic acids is 2. The van der Waals surface area contributed by atoms with Gasteiger partial charge in [0.25, 0.3) is 11.8 Å². The zero-order valence-corrected chi connectivity index (χ0v) is 28.8. The monoisotopic (exact) mass is 703 g/mol. The minimum Gasteiger partial charge on any atom is -0.343 e. The fraction of sp³-hybridized carbons (Fsp3) is 0.0682. The second-order valence-electron chi connectivity index (χ2n) is 12.3. The van der Waals surface area contributed by atoms with Crippen LogP contribution < -0.4 is 10.6 Å². The summed E-state index contributed by atoms with van der Waals surface area (Å²) in [4.78, 5) is 28.7. The maximum Gasteiger partial charge on any atom is 0.251 e. The van der Waals surface area contributed by atoms with E-state index in [1.807, 2.05) is 97.1 Å². The van der Waals surface area contributed by atoms with Crippen LogP contribution in [0.15, 0.2) is 164 Å². The van der Waals surface area contributed by atoms with Gasteiger partial charge in [-0.2, -0.15) is 5.26 Å². The van der Waals surface area contributed by atoms with Gasteiger partial charge in [-0.25, -0.2) is 0 Å². The molecule has 0 heterocycles. The number of hydrogen-bond donors (Lipinski definition) is 2. The topological polar surface area (TPSA) is 82.0 Å². The van der Waals surface area contributed by atoms with E-state index in [2.05, 4.69) is 16.7 Å². The van der Waals surface area contributed by atoms with Gasteiger partial charge in [-0.15, -0.1) is 0 Å². The highest BCUT2D eigenvalue weighted by atomic mass is 35.5. The lowest BCUT2D eigenvalue weighted by Gasteiger charge is -2.43. The third-order valence-electron chi connectivity index (χ3n) is 9.36. The van der Waals surface area contributed by atoms with Crippen molar-refractivity contribution in [1.29, 1.82) is 5.26 Å². The second kappa shape index (κ2) is 14.5. The Labute approximate surface area is 306 Å². The smallest absolute Gasteiger partial charge is 0.251 e. The number of rotatable bonds is 9. The minimum atomic E-state index is -1.77. The number of nitriles is 1. The van der Waals surface area contributed by atoms with E-state index >= 15 is 0 Å². The molecule has 7 aromatic rings. The predicted molar refractivity (Wildman–Crippen MR) is 205 cm³/mol. The molecular weight excluding hydrogens is 673 g/mol. The van der Waals surface area contributed by atoms with Crippen LogP contribution in [0.5, 0.6) is 0 Å². The fourth-order valence-electron chi connectivity index (χ4n) is 6.98. The van der Waals surface area contributed by atoms with Crippen LogP contribution in [-0.2, 0) is 5.41 Å². The number of halogens is 2. The summed E-state index contributed by atoms with van der Waals surface area (Å²) in [5, 5.41) is 22.6. The van der Waals surface area contributed by atoms with Gasteiger partial charge in [-0.05, 0) is 74.6 Å². The Morgan fingerprint density at radius 1 is 0.549 bits per heavy atom. The quantitative estimate of drug-likeness (QED) is 0.157. The number of carbonyl (C=O) groups is 2. The molecule has 0 spiro atoms. The SMILES string of the molecule is N#CC(c1ccc(Cl)cc1Cl)(C(NC(=O)c1ccccc1)c1cccc2ccccc12)C(NC(=O)c1ccccc1)c1cccc2ccccc12. The molecule has 0 radical (unpaired) electrons. The lowest BCUT2D eigenvalue weighted by atomic mass is 9.64. The summed E-state index contributed by atoms with van der Waals surface area (Å²) in [6.45, 7) is 0. The highest BCUT2D eigenvalue weighted by Crippen LogP contribution is 2.51. The minimum absolute atomic E-state index is 0.211. The summed E-state index contributed by atoms with van der Waals surface area (Å²) in [6, 6.07) is 50.4. The lowest BCUT2D eigenvalue weighted by Crippen LogP contribution is -2.52. The summed E-state index contributed by atoms with van der Waals surface area (Å²) in [5.41, 5.74) is 0.769. The van der Waals surface area contributed by atoms with Crippen molar-refractivity contribution in [3.63, 3.8) is 0 Å². The molecule has 248 valence electrons. The van der Waals surface area contributed by atoms with Gasteiger partial charge in [-0.3, -0.25) is 9.59 Å². The fourth-order valence-corrected chi connectivity index (χ4v) is 7.54. The highest BCUT2D eigenvalue weighted by Gasteiger charge is 2.52. The summed E-state index contributed by atoms with van der Waals surface area (Å²) in [5.74, 6) is -0.798. The van der Waals surface area contributed by atoms with Crippen molar-refractivity contribution in [3.8, 4) is 6.07 Å². The Balaban J connectivity index is 1.59. The summed E-state index contributed by atoms with van der Waals surface area (Å²) in [6.07, 6.45) is 0. The number of benzene rings is 7. The summed E-state index contributed by atoms with van der Waals surface area (Å²) < 4.78 is 0. The van der Waals surface area contributed by atoms with Crippen molar-refractivity contribution in [2.45, 2.75) is 17.5 Å². The third kappa shape index (κ3) is 6.44. The van der Waals surface area contributed by atoms with Gasteiger partial charge in [0.05, 0.1) is 18.2 Å². The third-order valence-corrected chi connectivity index (χ3v) is 9.91. The first-order chi connectivity index (χ1) is 24.9. The van der Waals surface area contributed by atoms with E-state index in [-0.39, 0.29) is 5.02 Å². The molecule has 2 atom stereocenters. The first-order valence-corrected chi connectivity index (χ1v) is 17.2. The molecule has 0 aliphatic rings. The van der Waals surface area contributed by atoms with Crippen molar-refractivity contribution in [2.75, 3.05) is 0 Å². The zero-order chi connectivity index (χ0) is 35.4. The maximum atomic E-state index is 14.4. The van der Waals surface area contributed by atoms with E-state index in [1.165, 1.54) is 0 Å². The standard InChI is InChI=1S/C44H31Cl2N3O2/c45-33-25-26-38(39(46)27-33)44(28-47,40(48-42(50)31-15-3-1-4-16-31)36-23-11-19-29-13-7-9-21-34(29)36)41(49-43(51)32-17-5-2-6-18-32)37-24-12-20-30-14-8-10-22-35(30)37/h1-27,40-41H,(H,48,50)(H,49,51). The van der Waals surface area contributed by atoms with E-state index in [0.717, 1.165) is 21.5 Å². The molecule has 51 heavy (non-hydrogen) atoms. The molecule has 0 saturated carbocycles. The van der Waals surface area contributed by atoms with Crippen molar-refractivity contribution >= 4 is 56.6 Å². The Kier molecular flexibility index (Phi) is 9.55. The van der Waals surface area contributed by atoms with Crippen LogP contribution in [0.1, 0.15) is 49.5 Å². The van der Waals surface area contributed by atoms with Gasteiger partial charge in [-0.1, -0.05) is 151 Å². The van der Waals surface area contributed by atoms with Gasteiger partial charge in [0.2, 0.25) is 0 Å². The van der Waals surface area contributed by atoms with Crippen molar-refractivity contribution in [2.24, 2.45) is 0 Å². The van der Waals surface area contributed by atoms with Gasteiger partial charge in [0.1, 0.15) is 5.41 Å². The van der Waals surface area contributed by atoms with Crippen molar-refractivity contribution in [3.05, 3.63) is 202 Å². The van der Waals surface area contributed by atoms with E-state index in [0.29, 0.717) is 32.8 Å². The van der Waals surface area contributed by atoms with E-state index in [9.17, 15) is 14.9 Å². The van der Waals surface area contributed by atoms with E-state index in [1.54, 1.807) is 66.7 Å². The molecule has 2 unspecified atom stereocenters. The molecule has 5 nitrogen and oxygen atoms in total. The first-order valence-electron chi connectivity index (χ1n) is 16.4. The molecule has 2 N–H and O–H groups in total. The molecule has 0 saturated heterocycles. The first kappa shape index (κ1) is 33.6. The van der Waals surface area contributed by atoms with Gasteiger partial charge >= 0.3 is 0 Å². The molecule has 0 bridgehead atoms. The van der Waals surface area contributed by atoms with Crippen LogP contribution in [0.3, 0.4) is 0 Å². The number of fused-ring (bicyclic) bond motifs is 2.